The number of hydrogen-bond donors (Lipinski definition) is 0. The van der Waals surface area contributed by atoms with Crippen LogP contribution in [0.5, 0.6) is 0 Å². The quantitative estimate of drug-likeness (QED) is 0.105. The third kappa shape index (κ3) is 29.3. The number of rotatable bonds is 25. The smallest absolute Gasteiger partial charge is 0.113 e. The first-order chi connectivity index (χ1) is 14.7. The van der Waals surface area contributed by atoms with E-state index in [1.165, 1.54) is 0 Å². The fourth-order valence-electron chi connectivity index (χ4n) is 2.34. The summed E-state index contributed by atoms with van der Waals surface area (Å²) in [6, 6.07) is 0. The Labute approximate surface area is 275 Å². The molecule has 0 rings (SSSR count). The third-order valence-corrected chi connectivity index (χ3v) is 3.78. The van der Waals surface area contributed by atoms with Gasteiger partial charge in [-0.1, -0.05) is 19.8 Å². The van der Waals surface area contributed by atoms with Crippen LogP contribution in [0.2, 0.25) is 0 Å². The van der Waals surface area contributed by atoms with Crippen LogP contribution in [0, 0.1) is 26.2 Å². The van der Waals surface area contributed by atoms with Gasteiger partial charge in [-0.25, -0.2) is 4.39 Å². The summed E-state index contributed by atoms with van der Waals surface area (Å²) in [7, 11) is 0. The zero-order valence-electron chi connectivity index (χ0n) is 20.0. The SMILES string of the molecule is [CH2-]COCCOCC(COCCOC[CH2-])(COCCOC[CH2-])COCCOCCF.[Y].[Y].[Y]. The minimum atomic E-state index is -0.542. The van der Waals surface area contributed by atoms with Gasteiger partial charge in [0.15, 0.2) is 0 Å². The second kappa shape index (κ2) is 34.9. The van der Waals surface area contributed by atoms with Crippen molar-refractivity contribution in [3.63, 3.8) is 0 Å². The topological polar surface area (TPSA) is 73.8 Å². The molecule has 0 saturated carbocycles. The largest absolute Gasteiger partial charge is 0.411 e. The van der Waals surface area contributed by atoms with Gasteiger partial charge < -0.3 is 58.7 Å². The summed E-state index contributed by atoms with van der Waals surface area (Å²) in [4.78, 5) is 0. The Morgan fingerprint density at radius 3 is 0.970 bits per heavy atom. The number of halogens is 1. The van der Waals surface area contributed by atoms with E-state index in [2.05, 4.69) is 20.8 Å². The van der Waals surface area contributed by atoms with E-state index in [0.717, 1.165) is 0 Å². The molecule has 0 aliphatic rings. The van der Waals surface area contributed by atoms with E-state index in [-0.39, 0.29) is 105 Å². The van der Waals surface area contributed by atoms with Gasteiger partial charge in [-0.05, 0) is 0 Å². The normalized spacial score (nSPS) is 10.9. The van der Waals surface area contributed by atoms with Gasteiger partial charge in [0.25, 0.3) is 0 Å². The van der Waals surface area contributed by atoms with Crippen LogP contribution >= 0.6 is 0 Å². The molecule has 191 valence electrons. The Morgan fingerprint density at radius 1 is 0.424 bits per heavy atom. The molecule has 0 fully saturated rings. The molecular weight excluding hydrogens is 666 g/mol. The minimum absolute atomic E-state index is 0. The van der Waals surface area contributed by atoms with Crippen molar-refractivity contribution in [3.8, 4) is 0 Å². The van der Waals surface area contributed by atoms with Crippen LogP contribution in [0.1, 0.15) is 0 Å². The standard InChI is InChI=1S/C21H40FO8.3Y/c1-4-23-9-13-27-17-21(18-28-14-10-24-5-2,19-29-15-11-25-6-3)20-30-16-12-26-8-7-22;;;/h1-20H2;;;/q-3;;;. The molecule has 0 amide bonds. The molecule has 0 aliphatic carbocycles. The Hall–Kier alpha value is 2.92. The Balaban J connectivity index is -0.00000140. The van der Waals surface area contributed by atoms with Gasteiger partial charge in [-0.3, -0.25) is 0 Å². The Bertz CT molecular complexity index is 315. The van der Waals surface area contributed by atoms with Crippen LogP contribution in [-0.4, -0.2) is 112 Å². The molecule has 0 aromatic heterocycles. The second-order valence-corrected chi connectivity index (χ2v) is 6.35. The van der Waals surface area contributed by atoms with Crippen LogP contribution in [0.15, 0.2) is 0 Å². The van der Waals surface area contributed by atoms with Gasteiger partial charge in [0, 0.05) is 98.1 Å². The molecule has 0 unspecified atom stereocenters. The van der Waals surface area contributed by atoms with Crippen molar-refractivity contribution < 1.29 is 140 Å². The molecule has 3 radical (unpaired) electrons. The van der Waals surface area contributed by atoms with Gasteiger partial charge in [-0.2, -0.15) is 0 Å². The molecule has 0 heterocycles. The van der Waals surface area contributed by atoms with Crippen molar-refractivity contribution in [2.75, 3.05) is 112 Å². The molecule has 8 nitrogen and oxygen atoms in total. The van der Waals surface area contributed by atoms with E-state index in [0.29, 0.717) is 99.1 Å². The predicted octanol–water partition coefficient (Wildman–Crippen LogP) is 1.57. The summed E-state index contributed by atoms with van der Waals surface area (Å²) in [5, 5.41) is 0. The summed E-state index contributed by atoms with van der Waals surface area (Å²) in [6.45, 7) is 16.3. The maximum absolute atomic E-state index is 12.1. The van der Waals surface area contributed by atoms with Gasteiger partial charge in [0.05, 0.1) is 91.3 Å². The van der Waals surface area contributed by atoms with E-state index in [1.54, 1.807) is 0 Å². The van der Waals surface area contributed by atoms with Crippen LogP contribution < -0.4 is 0 Å². The van der Waals surface area contributed by atoms with Crippen LogP contribution in [0.3, 0.4) is 0 Å². The van der Waals surface area contributed by atoms with Crippen molar-refractivity contribution in [3.05, 3.63) is 20.8 Å². The fourth-order valence-corrected chi connectivity index (χ4v) is 2.34. The fraction of sp³-hybridized carbons (Fsp3) is 0.857. The first kappa shape index (κ1) is 43.0. The molecule has 0 atom stereocenters. The molecule has 0 saturated heterocycles. The molecule has 0 N–H and O–H groups in total. The summed E-state index contributed by atoms with van der Waals surface area (Å²) in [6.07, 6.45) is 0. The van der Waals surface area contributed by atoms with E-state index in [9.17, 15) is 4.39 Å². The van der Waals surface area contributed by atoms with Crippen molar-refractivity contribution in [2.45, 2.75) is 0 Å². The molecule has 0 aliphatic heterocycles. The maximum atomic E-state index is 12.1. The summed E-state index contributed by atoms with van der Waals surface area (Å²) >= 11 is 0. The second-order valence-electron chi connectivity index (χ2n) is 6.35. The zero-order valence-corrected chi connectivity index (χ0v) is 28.5. The van der Waals surface area contributed by atoms with E-state index in [4.69, 9.17) is 37.9 Å². The zero-order chi connectivity index (χ0) is 22.2. The Morgan fingerprint density at radius 2 is 0.697 bits per heavy atom. The average molecular weight is 706 g/mol. The van der Waals surface area contributed by atoms with Crippen molar-refractivity contribution >= 4 is 0 Å². The monoisotopic (exact) mass is 706 g/mol. The third-order valence-electron chi connectivity index (χ3n) is 3.78. The van der Waals surface area contributed by atoms with E-state index in [1.807, 2.05) is 0 Å². The minimum Gasteiger partial charge on any atom is -0.411 e. The average Bonchev–Trinajstić information content (AvgIpc) is 2.75. The van der Waals surface area contributed by atoms with Crippen molar-refractivity contribution in [2.24, 2.45) is 5.41 Å². The summed E-state index contributed by atoms with van der Waals surface area (Å²) in [5.74, 6) is 0. The molecular formula is C21H40FO8Y3-3. The first-order valence-corrected chi connectivity index (χ1v) is 10.3. The number of ether oxygens (including phenoxy) is 8. The molecule has 0 bridgehead atoms. The van der Waals surface area contributed by atoms with Crippen molar-refractivity contribution in [1.29, 1.82) is 0 Å². The number of alkyl halides is 1. The first-order valence-electron chi connectivity index (χ1n) is 10.3. The van der Waals surface area contributed by atoms with Gasteiger partial charge in [0.1, 0.15) is 6.67 Å². The van der Waals surface area contributed by atoms with Crippen LogP contribution in [0.25, 0.3) is 0 Å². The maximum Gasteiger partial charge on any atom is 0.113 e. The van der Waals surface area contributed by atoms with Gasteiger partial charge in [-0.15, -0.1) is 0 Å². The molecule has 0 spiro atoms. The summed E-state index contributed by atoms with van der Waals surface area (Å²) in [5.41, 5.74) is -0.542. The van der Waals surface area contributed by atoms with Gasteiger partial charge in [0.2, 0.25) is 0 Å². The number of hydrogen-bond acceptors (Lipinski definition) is 8. The van der Waals surface area contributed by atoms with E-state index < -0.39 is 12.1 Å². The van der Waals surface area contributed by atoms with Gasteiger partial charge >= 0.3 is 0 Å². The summed E-state index contributed by atoms with van der Waals surface area (Å²) < 4.78 is 56.0. The molecule has 12 heteroatoms. The van der Waals surface area contributed by atoms with Crippen LogP contribution in [0.4, 0.5) is 4.39 Å². The molecule has 0 aromatic carbocycles. The predicted molar refractivity (Wildman–Crippen MR) is 111 cm³/mol. The molecule has 33 heavy (non-hydrogen) atoms. The van der Waals surface area contributed by atoms with Crippen LogP contribution in [-0.2, 0) is 136 Å². The van der Waals surface area contributed by atoms with E-state index >= 15 is 0 Å². The Kier molecular flexibility index (Phi) is 45.5. The molecule has 0 aromatic rings. The van der Waals surface area contributed by atoms with Crippen molar-refractivity contribution in [1.82, 2.24) is 0 Å².